The van der Waals surface area contributed by atoms with Gasteiger partial charge in [-0.15, -0.1) is 0 Å². The molecular formula is C17H30N2O2. The lowest BCUT2D eigenvalue weighted by molar-refractivity contribution is -0.131. The summed E-state index contributed by atoms with van der Waals surface area (Å²) in [5, 5.41) is 5.86. The highest BCUT2D eigenvalue weighted by molar-refractivity contribution is 5.88. The fourth-order valence-corrected chi connectivity index (χ4v) is 3.57. The molecule has 2 amide bonds. The first-order chi connectivity index (χ1) is 10.2. The Labute approximate surface area is 128 Å². The van der Waals surface area contributed by atoms with Crippen LogP contribution >= 0.6 is 0 Å². The molecule has 0 spiro atoms. The van der Waals surface area contributed by atoms with E-state index in [1.165, 1.54) is 32.1 Å². The molecule has 2 N–H and O–H groups in total. The Morgan fingerprint density at radius 1 is 1.19 bits per heavy atom. The second-order valence-electron chi connectivity index (χ2n) is 6.71. The van der Waals surface area contributed by atoms with Gasteiger partial charge < -0.3 is 10.6 Å². The highest BCUT2D eigenvalue weighted by Crippen LogP contribution is 2.32. The van der Waals surface area contributed by atoms with Crippen molar-refractivity contribution in [1.82, 2.24) is 10.6 Å². The number of amides is 2. The molecule has 1 unspecified atom stereocenters. The Morgan fingerprint density at radius 3 is 2.67 bits per heavy atom. The summed E-state index contributed by atoms with van der Waals surface area (Å²) >= 11 is 0. The van der Waals surface area contributed by atoms with Gasteiger partial charge in [-0.2, -0.15) is 0 Å². The summed E-state index contributed by atoms with van der Waals surface area (Å²) < 4.78 is 0. The summed E-state index contributed by atoms with van der Waals surface area (Å²) in [7, 11) is 0. The van der Waals surface area contributed by atoms with Crippen molar-refractivity contribution in [2.24, 2.45) is 11.8 Å². The molecule has 2 fully saturated rings. The van der Waals surface area contributed by atoms with Gasteiger partial charge in [-0.25, -0.2) is 0 Å². The molecule has 21 heavy (non-hydrogen) atoms. The summed E-state index contributed by atoms with van der Waals surface area (Å²) in [5.41, 5.74) is 0. The fraction of sp³-hybridized carbons (Fsp3) is 0.882. The van der Waals surface area contributed by atoms with Gasteiger partial charge in [0.1, 0.15) is 6.04 Å². The zero-order valence-corrected chi connectivity index (χ0v) is 13.3. The van der Waals surface area contributed by atoms with Crippen molar-refractivity contribution in [2.45, 2.75) is 77.2 Å². The lowest BCUT2D eigenvalue weighted by atomic mass is 9.79. The Hall–Kier alpha value is -1.06. The van der Waals surface area contributed by atoms with Crippen LogP contribution in [0.3, 0.4) is 0 Å². The van der Waals surface area contributed by atoms with E-state index >= 15 is 0 Å². The smallest absolute Gasteiger partial charge is 0.242 e. The predicted octanol–water partition coefficient (Wildman–Crippen LogP) is 2.77. The zero-order chi connectivity index (χ0) is 15.1. The molecule has 0 bridgehead atoms. The maximum absolute atomic E-state index is 12.4. The highest BCUT2D eigenvalue weighted by atomic mass is 16.2. The van der Waals surface area contributed by atoms with E-state index in [0.717, 1.165) is 44.6 Å². The average molecular weight is 294 g/mol. The fourth-order valence-electron chi connectivity index (χ4n) is 3.57. The SMILES string of the molecule is CCCCC1CCC(C(=O)NC2CCCCNC2=O)CC1. The number of rotatable bonds is 5. The van der Waals surface area contributed by atoms with Crippen molar-refractivity contribution in [3.05, 3.63) is 0 Å². The van der Waals surface area contributed by atoms with Crippen LogP contribution in [0.4, 0.5) is 0 Å². The number of hydrogen-bond donors (Lipinski definition) is 2. The second kappa shape index (κ2) is 8.40. The first-order valence-electron chi connectivity index (χ1n) is 8.78. The molecule has 0 aromatic heterocycles. The van der Waals surface area contributed by atoms with E-state index in [0.29, 0.717) is 0 Å². The van der Waals surface area contributed by atoms with E-state index in [4.69, 9.17) is 0 Å². The Morgan fingerprint density at radius 2 is 1.95 bits per heavy atom. The van der Waals surface area contributed by atoms with E-state index < -0.39 is 0 Å². The highest BCUT2D eigenvalue weighted by Gasteiger charge is 2.29. The molecular weight excluding hydrogens is 264 g/mol. The van der Waals surface area contributed by atoms with Crippen LogP contribution in [0.5, 0.6) is 0 Å². The van der Waals surface area contributed by atoms with Crippen LogP contribution in [0.1, 0.15) is 71.1 Å². The molecule has 1 saturated carbocycles. The van der Waals surface area contributed by atoms with Crippen LogP contribution < -0.4 is 10.6 Å². The van der Waals surface area contributed by atoms with E-state index in [1.54, 1.807) is 0 Å². The second-order valence-corrected chi connectivity index (χ2v) is 6.71. The molecule has 120 valence electrons. The first-order valence-corrected chi connectivity index (χ1v) is 8.78. The lowest BCUT2D eigenvalue weighted by Crippen LogP contribution is -2.47. The molecule has 0 aromatic carbocycles. The van der Waals surface area contributed by atoms with Gasteiger partial charge in [0.2, 0.25) is 11.8 Å². The van der Waals surface area contributed by atoms with Gasteiger partial charge in [-0.1, -0.05) is 26.2 Å². The van der Waals surface area contributed by atoms with E-state index in [9.17, 15) is 9.59 Å². The van der Waals surface area contributed by atoms with Crippen LogP contribution in [-0.4, -0.2) is 24.4 Å². The van der Waals surface area contributed by atoms with Crippen molar-refractivity contribution < 1.29 is 9.59 Å². The molecule has 0 radical (unpaired) electrons. The summed E-state index contributed by atoms with van der Waals surface area (Å²) in [6.07, 6.45) is 11.0. The Kier molecular flexibility index (Phi) is 6.52. The van der Waals surface area contributed by atoms with Crippen LogP contribution in [0, 0.1) is 11.8 Å². The third-order valence-corrected chi connectivity index (χ3v) is 5.04. The molecule has 2 aliphatic rings. The van der Waals surface area contributed by atoms with Crippen LogP contribution in [0.25, 0.3) is 0 Å². The molecule has 4 heteroatoms. The van der Waals surface area contributed by atoms with Gasteiger partial charge in [-0.3, -0.25) is 9.59 Å². The summed E-state index contributed by atoms with van der Waals surface area (Å²) in [4.78, 5) is 24.2. The third-order valence-electron chi connectivity index (χ3n) is 5.04. The maximum atomic E-state index is 12.4. The van der Waals surface area contributed by atoms with Crippen molar-refractivity contribution in [2.75, 3.05) is 6.54 Å². The van der Waals surface area contributed by atoms with E-state index in [2.05, 4.69) is 17.6 Å². The number of carbonyl (C=O) groups excluding carboxylic acids is 2. The molecule has 1 atom stereocenters. The van der Waals surface area contributed by atoms with Crippen LogP contribution in [0.2, 0.25) is 0 Å². The number of unbranched alkanes of at least 4 members (excludes halogenated alkanes) is 1. The first kappa shape index (κ1) is 16.3. The summed E-state index contributed by atoms with van der Waals surface area (Å²) in [6.45, 7) is 2.98. The Bertz CT molecular complexity index is 349. The number of hydrogen-bond acceptors (Lipinski definition) is 2. The molecule has 4 nitrogen and oxygen atoms in total. The maximum Gasteiger partial charge on any atom is 0.242 e. The largest absolute Gasteiger partial charge is 0.354 e. The van der Waals surface area contributed by atoms with Gasteiger partial charge in [0.15, 0.2) is 0 Å². The lowest BCUT2D eigenvalue weighted by Gasteiger charge is -2.28. The zero-order valence-electron chi connectivity index (χ0n) is 13.3. The van der Waals surface area contributed by atoms with Gasteiger partial charge in [0.05, 0.1) is 0 Å². The van der Waals surface area contributed by atoms with Crippen molar-refractivity contribution in [3.8, 4) is 0 Å². The van der Waals surface area contributed by atoms with Crippen molar-refractivity contribution >= 4 is 11.8 Å². The predicted molar refractivity (Wildman–Crippen MR) is 83.8 cm³/mol. The molecule has 1 heterocycles. The standard InChI is InChI=1S/C17H30N2O2/c1-2-3-6-13-8-10-14(11-9-13)16(20)19-15-7-4-5-12-18-17(15)21/h13-15H,2-12H2,1H3,(H,18,21)(H,19,20). The Balaban J connectivity index is 1.75. The van der Waals surface area contributed by atoms with Gasteiger partial charge in [0.25, 0.3) is 0 Å². The van der Waals surface area contributed by atoms with Crippen molar-refractivity contribution in [3.63, 3.8) is 0 Å². The minimum Gasteiger partial charge on any atom is -0.354 e. The normalized spacial score (nSPS) is 30.3. The molecule has 1 aliphatic carbocycles. The monoisotopic (exact) mass is 294 g/mol. The van der Waals surface area contributed by atoms with Gasteiger partial charge in [-0.05, 0) is 50.9 Å². The molecule has 1 saturated heterocycles. The minimum absolute atomic E-state index is 0.00233. The molecule has 2 rings (SSSR count). The average Bonchev–Trinajstić information content (AvgIpc) is 2.70. The summed E-state index contributed by atoms with van der Waals surface area (Å²) in [6, 6.07) is -0.308. The quantitative estimate of drug-likeness (QED) is 0.819. The van der Waals surface area contributed by atoms with Gasteiger partial charge >= 0.3 is 0 Å². The number of nitrogens with one attached hydrogen (secondary N) is 2. The van der Waals surface area contributed by atoms with Crippen LogP contribution in [-0.2, 0) is 9.59 Å². The van der Waals surface area contributed by atoms with Crippen LogP contribution in [0.15, 0.2) is 0 Å². The minimum atomic E-state index is -0.308. The molecule has 0 aromatic rings. The topological polar surface area (TPSA) is 58.2 Å². The molecule has 1 aliphatic heterocycles. The van der Waals surface area contributed by atoms with E-state index in [-0.39, 0.29) is 23.8 Å². The van der Waals surface area contributed by atoms with E-state index in [1.807, 2.05) is 0 Å². The van der Waals surface area contributed by atoms with Crippen molar-refractivity contribution in [1.29, 1.82) is 0 Å². The van der Waals surface area contributed by atoms with Gasteiger partial charge in [0, 0.05) is 12.5 Å². The third kappa shape index (κ3) is 5.01. The number of carbonyl (C=O) groups is 2. The summed E-state index contributed by atoms with van der Waals surface area (Å²) in [5.74, 6) is 1.04.